The monoisotopic (exact) mass is 271 g/mol. The van der Waals surface area contributed by atoms with Crippen molar-refractivity contribution in [3.63, 3.8) is 0 Å². The summed E-state index contributed by atoms with van der Waals surface area (Å²) < 4.78 is 10.8. The van der Waals surface area contributed by atoms with Crippen molar-refractivity contribution in [2.45, 2.75) is 19.1 Å². The first-order valence-electron chi connectivity index (χ1n) is 5.71. The Bertz CT molecular complexity index is 443. The SMILES string of the molecule is CC(O)COc1ccc(Cl)c2c1B(O)OC2CN. The Hall–Kier alpha value is -0.785. The lowest BCUT2D eigenvalue weighted by atomic mass is 9.78. The van der Waals surface area contributed by atoms with Gasteiger partial charge in [-0.3, -0.25) is 0 Å². The quantitative estimate of drug-likeness (QED) is 0.662. The minimum Gasteiger partial charge on any atom is -0.491 e. The van der Waals surface area contributed by atoms with Crippen LogP contribution < -0.4 is 15.9 Å². The standard InChI is InChI=1S/C11H15BClNO4/c1-6(15)5-17-8-3-2-7(13)10-9(4-14)18-12(16)11(8)10/h2-3,6,9,15-16H,4-5,14H2,1H3. The van der Waals surface area contributed by atoms with Gasteiger partial charge in [-0.25, -0.2) is 0 Å². The molecule has 1 heterocycles. The van der Waals surface area contributed by atoms with Crippen LogP contribution in [-0.4, -0.2) is 36.5 Å². The molecule has 1 aromatic rings. The third-order valence-electron chi connectivity index (χ3n) is 2.75. The molecule has 0 spiro atoms. The molecule has 98 valence electrons. The first kappa shape index (κ1) is 13.6. The molecule has 0 saturated heterocycles. The van der Waals surface area contributed by atoms with Crippen LogP contribution in [-0.2, 0) is 4.65 Å². The number of nitrogens with two attached hydrogens (primary N) is 1. The van der Waals surface area contributed by atoms with Gasteiger partial charge in [0, 0.05) is 22.6 Å². The third-order valence-corrected chi connectivity index (χ3v) is 3.08. The summed E-state index contributed by atoms with van der Waals surface area (Å²) in [6.45, 7) is 1.98. The summed E-state index contributed by atoms with van der Waals surface area (Å²) in [7, 11) is -1.10. The van der Waals surface area contributed by atoms with Crippen LogP contribution in [0.1, 0.15) is 18.6 Å². The minimum atomic E-state index is -1.10. The molecule has 4 N–H and O–H groups in total. The largest absolute Gasteiger partial charge is 0.495 e. The zero-order valence-electron chi connectivity index (χ0n) is 9.97. The van der Waals surface area contributed by atoms with Crippen molar-refractivity contribution in [2.75, 3.05) is 13.2 Å². The topological polar surface area (TPSA) is 84.9 Å². The van der Waals surface area contributed by atoms with E-state index in [2.05, 4.69) is 0 Å². The molecule has 2 unspecified atom stereocenters. The van der Waals surface area contributed by atoms with Gasteiger partial charge in [-0.2, -0.15) is 0 Å². The molecule has 0 amide bonds. The van der Waals surface area contributed by atoms with E-state index in [0.717, 1.165) is 0 Å². The van der Waals surface area contributed by atoms with Gasteiger partial charge in [0.25, 0.3) is 0 Å². The van der Waals surface area contributed by atoms with Gasteiger partial charge in [0.05, 0.1) is 12.2 Å². The average molecular weight is 272 g/mol. The van der Waals surface area contributed by atoms with Gasteiger partial charge in [-0.15, -0.1) is 0 Å². The Balaban J connectivity index is 2.36. The normalized spacial score (nSPS) is 19.8. The number of hydrogen-bond donors (Lipinski definition) is 3. The van der Waals surface area contributed by atoms with Crippen LogP contribution in [0.4, 0.5) is 0 Å². The van der Waals surface area contributed by atoms with E-state index in [-0.39, 0.29) is 13.2 Å². The lowest BCUT2D eigenvalue weighted by Crippen LogP contribution is -2.31. The molecule has 1 aliphatic rings. The summed E-state index contributed by atoms with van der Waals surface area (Å²) in [5, 5.41) is 19.6. The van der Waals surface area contributed by atoms with Gasteiger partial charge in [0.2, 0.25) is 0 Å². The highest BCUT2D eigenvalue weighted by Gasteiger charge is 2.39. The Kier molecular flexibility index (Phi) is 4.14. The lowest BCUT2D eigenvalue weighted by Gasteiger charge is -2.14. The van der Waals surface area contributed by atoms with E-state index in [1.165, 1.54) is 0 Å². The molecule has 0 bridgehead atoms. The van der Waals surface area contributed by atoms with Crippen molar-refractivity contribution in [1.29, 1.82) is 0 Å². The van der Waals surface area contributed by atoms with Crippen molar-refractivity contribution in [3.8, 4) is 5.75 Å². The second kappa shape index (κ2) is 5.46. The first-order valence-corrected chi connectivity index (χ1v) is 6.09. The maximum absolute atomic E-state index is 9.87. The molecule has 0 saturated carbocycles. The number of fused-ring (bicyclic) bond motifs is 1. The molecule has 0 aromatic heterocycles. The molecular weight excluding hydrogens is 256 g/mol. The van der Waals surface area contributed by atoms with Crippen LogP contribution in [0.2, 0.25) is 5.02 Å². The molecule has 2 rings (SSSR count). The van der Waals surface area contributed by atoms with Crippen molar-refractivity contribution < 1.29 is 19.5 Å². The Labute approximate surface area is 111 Å². The Morgan fingerprint density at radius 3 is 2.94 bits per heavy atom. The Morgan fingerprint density at radius 1 is 1.61 bits per heavy atom. The third kappa shape index (κ3) is 2.48. The molecule has 2 atom stereocenters. The molecule has 1 aromatic carbocycles. The van der Waals surface area contributed by atoms with E-state index in [1.54, 1.807) is 19.1 Å². The molecule has 7 heteroatoms. The number of benzene rings is 1. The summed E-state index contributed by atoms with van der Waals surface area (Å²) in [6.07, 6.45) is -1.03. The van der Waals surface area contributed by atoms with Gasteiger partial charge in [0.1, 0.15) is 12.4 Å². The van der Waals surface area contributed by atoms with E-state index in [4.69, 9.17) is 26.7 Å². The van der Waals surface area contributed by atoms with Crippen LogP contribution >= 0.6 is 11.6 Å². The lowest BCUT2D eigenvalue weighted by molar-refractivity contribution is 0.123. The van der Waals surface area contributed by atoms with Gasteiger partial charge >= 0.3 is 7.12 Å². The fourth-order valence-corrected chi connectivity index (χ4v) is 2.26. The van der Waals surface area contributed by atoms with Crippen LogP contribution in [0, 0.1) is 0 Å². The van der Waals surface area contributed by atoms with Crippen LogP contribution in [0.25, 0.3) is 0 Å². The highest BCUT2D eigenvalue weighted by atomic mass is 35.5. The number of ether oxygens (including phenoxy) is 1. The van der Waals surface area contributed by atoms with Gasteiger partial charge in [-0.05, 0) is 19.1 Å². The number of aliphatic hydroxyl groups excluding tert-OH is 1. The van der Waals surface area contributed by atoms with E-state index >= 15 is 0 Å². The van der Waals surface area contributed by atoms with Crippen molar-refractivity contribution in [1.82, 2.24) is 0 Å². The van der Waals surface area contributed by atoms with Crippen LogP contribution in [0.5, 0.6) is 5.75 Å². The highest BCUT2D eigenvalue weighted by Crippen LogP contribution is 2.32. The summed E-state index contributed by atoms with van der Waals surface area (Å²) >= 11 is 6.09. The summed E-state index contributed by atoms with van der Waals surface area (Å²) in [4.78, 5) is 0. The number of hydrogen-bond acceptors (Lipinski definition) is 5. The fraction of sp³-hybridized carbons (Fsp3) is 0.455. The molecule has 0 aliphatic carbocycles. The summed E-state index contributed by atoms with van der Waals surface area (Å²) in [5.74, 6) is 0.457. The zero-order valence-corrected chi connectivity index (χ0v) is 10.7. The van der Waals surface area contributed by atoms with Crippen molar-refractivity contribution in [2.24, 2.45) is 5.73 Å². The maximum Gasteiger partial charge on any atom is 0.495 e. The predicted molar refractivity (Wildman–Crippen MR) is 69.1 cm³/mol. The van der Waals surface area contributed by atoms with Crippen LogP contribution in [0.3, 0.4) is 0 Å². The number of rotatable bonds is 4. The smallest absolute Gasteiger partial charge is 0.491 e. The molecule has 1 aliphatic heterocycles. The predicted octanol–water partition coefficient (Wildman–Crippen LogP) is -0.183. The Morgan fingerprint density at radius 2 is 2.33 bits per heavy atom. The zero-order chi connectivity index (χ0) is 13.3. The number of aliphatic hydroxyl groups is 1. The van der Waals surface area contributed by atoms with Crippen LogP contribution in [0.15, 0.2) is 12.1 Å². The molecular formula is C11H15BClNO4. The molecule has 18 heavy (non-hydrogen) atoms. The second-order valence-electron chi connectivity index (χ2n) is 4.25. The second-order valence-corrected chi connectivity index (χ2v) is 4.65. The molecule has 5 nitrogen and oxygen atoms in total. The van der Waals surface area contributed by atoms with E-state index in [0.29, 0.717) is 21.8 Å². The number of halogens is 1. The van der Waals surface area contributed by atoms with Crippen molar-refractivity contribution in [3.05, 3.63) is 22.7 Å². The van der Waals surface area contributed by atoms with E-state index in [9.17, 15) is 10.1 Å². The van der Waals surface area contributed by atoms with Gasteiger partial charge in [0.15, 0.2) is 0 Å². The maximum atomic E-state index is 9.87. The summed E-state index contributed by atoms with van der Waals surface area (Å²) in [6, 6.07) is 3.32. The fourth-order valence-electron chi connectivity index (χ4n) is 1.97. The molecule has 0 fully saturated rings. The van der Waals surface area contributed by atoms with Crippen molar-refractivity contribution >= 4 is 24.2 Å². The van der Waals surface area contributed by atoms with E-state index in [1.807, 2.05) is 0 Å². The first-order chi connectivity index (χ1) is 8.54. The molecule has 0 radical (unpaired) electrons. The highest BCUT2D eigenvalue weighted by molar-refractivity contribution is 6.63. The van der Waals surface area contributed by atoms with E-state index < -0.39 is 19.3 Å². The minimum absolute atomic E-state index is 0.133. The summed E-state index contributed by atoms with van der Waals surface area (Å²) in [5.41, 5.74) is 6.74. The average Bonchev–Trinajstić information content (AvgIpc) is 2.67. The van der Waals surface area contributed by atoms with Gasteiger partial charge in [-0.1, -0.05) is 11.6 Å². The van der Waals surface area contributed by atoms with Gasteiger partial charge < -0.3 is 25.3 Å².